The lowest BCUT2D eigenvalue weighted by atomic mass is 9.92. The second kappa shape index (κ2) is 11.4. The van der Waals surface area contributed by atoms with Gasteiger partial charge in [-0.2, -0.15) is 0 Å². The van der Waals surface area contributed by atoms with Crippen LogP contribution >= 0.6 is 23.5 Å². The number of thioether (sulfide) groups is 2. The highest BCUT2D eigenvalue weighted by Crippen LogP contribution is 2.46. The Bertz CT molecular complexity index is 1300. The largest absolute Gasteiger partial charge is 0.497 e. The van der Waals surface area contributed by atoms with Crippen LogP contribution in [0.5, 0.6) is 5.75 Å². The van der Waals surface area contributed by atoms with E-state index in [1.807, 2.05) is 29.7 Å². The van der Waals surface area contributed by atoms with Crippen LogP contribution in [0.25, 0.3) is 5.57 Å². The number of methoxy groups -OCH3 is 1. The Balaban J connectivity index is 1.53. The number of aromatic nitrogens is 1. The lowest BCUT2D eigenvalue weighted by Crippen LogP contribution is -2.46. The van der Waals surface area contributed by atoms with Gasteiger partial charge in [0.15, 0.2) is 11.0 Å². The first-order chi connectivity index (χ1) is 17.8. The van der Waals surface area contributed by atoms with Crippen LogP contribution in [-0.2, 0) is 9.53 Å². The quantitative estimate of drug-likeness (QED) is 0.276. The zero-order valence-corrected chi connectivity index (χ0v) is 22.8. The van der Waals surface area contributed by atoms with Crippen molar-refractivity contribution in [2.45, 2.75) is 26.1 Å². The highest BCUT2D eigenvalue weighted by molar-refractivity contribution is 8.14. The van der Waals surface area contributed by atoms with Gasteiger partial charge in [-0.15, -0.1) is 18.3 Å². The standard InChI is InChI=1S/C27H29N3O5S2/c1-6-12-30-25(32)22-19(17-8-10-18(34-5)11-9-17)13-36-24(22)29-27(30)37-14-20(31)23-15(3)21(16(4)28-23)26(33)35-7-2/h6,8-11,13,22,24,28H,1,7,12,14H2,2-5H3. The molecule has 2 atom stereocenters. The molecule has 2 aliphatic rings. The number of aryl methyl sites for hydroxylation is 1. The molecule has 2 aliphatic heterocycles. The molecule has 0 radical (unpaired) electrons. The van der Waals surface area contributed by atoms with Crippen molar-refractivity contribution in [2.24, 2.45) is 10.9 Å². The third kappa shape index (κ3) is 5.26. The number of fused-ring (bicyclic) bond motifs is 1. The minimum atomic E-state index is -0.454. The minimum Gasteiger partial charge on any atom is -0.497 e. The molecule has 2 aromatic rings. The summed E-state index contributed by atoms with van der Waals surface area (Å²) in [5, 5.41) is 2.18. The first-order valence-electron chi connectivity index (χ1n) is 11.8. The molecule has 3 heterocycles. The average molecular weight is 540 g/mol. The lowest BCUT2D eigenvalue weighted by molar-refractivity contribution is -0.129. The van der Waals surface area contributed by atoms with E-state index < -0.39 is 11.9 Å². The number of ketones is 1. The maximum atomic E-state index is 13.6. The fourth-order valence-electron chi connectivity index (χ4n) is 4.43. The molecule has 2 unspecified atom stereocenters. The van der Waals surface area contributed by atoms with Crippen LogP contribution in [0.3, 0.4) is 0 Å². The van der Waals surface area contributed by atoms with Crippen LogP contribution < -0.4 is 4.74 Å². The Hall–Kier alpha value is -3.24. The van der Waals surface area contributed by atoms with Gasteiger partial charge in [0.25, 0.3) is 0 Å². The van der Waals surface area contributed by atoms with Crippen LogP contribution in [0.4, 0.5) is 0 Å². The summed E-state index contributed by atoms with van der Waals surface area (Å²) in [7, 11) is 1.61. The van der Waals surface area contributed by atoms with Crippen molar-refractivity contribution >= 4 is 51.9 Å². The van der Waals surface area contributed by atoms with Crippen molar-refractivity contribution in [1.82, 2.24) is 9.88 Å². The first-order valence-corrected chi connectivity index (χ1v) is 13.8. The molecule has 4 rings (SSSR count). The predicted octanol–water partition coefficient (Wildman–Crippen LogP) is 4.85. The van der Waals surface area contributed by atoms with E-state index in [9.17, 15) is 14.4 Å². The summed E-state index contributed by atoms with van der Waals surface area (Å²) in [6.07, 6.45) is 1.65. The number of amidine groups is 1. The Kier molecular flexibility index (Phi) is 8.29. The summed E-state index contributed by atoms with van der Waals surface area (Å²) in [4.78, 5) is 48.5. The van der Waals surface area contributed by atoms with Crippen LogP contribution in [0, 0.1) is 19.8 Å². The summed E-state index contributed by atoms with van der Waals surface area (Å²) < 4.78 is 10.4. The third-order valence-corrected chi connectivity index (χ3v) is 8.26. The zero-order valence-electron chi connectivity index (χ0n) is 21.2. The molecule has 0 aliphatic carbocycles. The molecule has 1 aromatic heterocycles. The minimum absolute atomic E-state index is 0.0592. The number of rotatable bonds is 9. The third-order valence-electron chi connectivity index (χ3n) is 6.22. The smallest absolute Gasteiger partial charge is 0.340 e. The SMILES string of the molecule is C=CCN1C(=O)C2C(c3ccc(OC)cc3)=CSC2N=C1SCC(=O)c1[nH]c(C)c(C(=O)OCC)c1C. The van der Waals surface area contributed by atoms with Gasteiger partial charge in [0.2, 0.25) is 5.91 Å². The fraction of sp³-hybridized carbons (Fsp3) is 0.333. The molecular weight excluding hydrogens is 510 g/mol. The number of hydrogen-bond donors (Lipinski definition) is 1. The van der Waals surface area contributed by atoms with Crippen molar-refractivity contribution < 1.29 is 23.9 Å². The van der Waals surface area contributed by atoms with Gasteiger partial charge < -0.3 is 14.5 Å². The van der Waals surface area contributed by atoms with Gasteiger partial charge in [0.05, 0.1) is 36.6 Å². The molecule has 1 N–H and O–H groups in total. The number of benzene rings is 1. The highest BCUT2D eigenvalue weighted by atomic mass is 32.2. The van der Waals surface area contributed by atoms with E-state index in [1.165, 1.54) is 23.5 Å². The van der Waals surface area contributed by atoms with Gasteiger partial charge >= 0.3 is 5.97 Å². The molecule has 1 amide bonds. The summed E-state index contributed by atoms with van der Waals surface area (Å²) >= 11 is 2.72. The number of H-pyrrole nitrogens is 1. The summed E-state index contributed by atoms with van der Waals surface area (Å²) in [6, 6.07) is 7.63. The molecule has 0 fully saturated rings. The van der Waals surface area contributed by atoms with Gasteiger partial charge in [-0.1, -0.05) is 30.0 Å². The summed E-state index contributed by atoms with van der Waals surface area (Å²) in [6.45, 7) is 9.54. The molecule has 0 saturated carbocycles. The van der Waals surface area contributed by atoms with E-state index >= 15 is 0 Å². The molecule has 0 bridgehead atoms. The van der Waals surface area contributed by atoms with E-state index in [0.717, 1.165) is 16.9 Å². The number of nitrogens with one attached hydrogen (secondary N) is 1. The second-order valence-corrected chi connectivity index (χ2v) is 10.4. The van der Waals surface area contributed by atoms with E-state index in [1.54, 1.807) is 38.9 Å². The highest BCUT2D eigenvalue weighted by Gasteiger charge is 2.44. The number of amides is 1. The fourth-order valence-corrected chi connectivity index (χ4v) is 6.56. The van der Waals surface area contributed by atoms with E-state index in [4.69, 9.17) is 14.5 Å². The average Bonchev–Trinajstić information content (AvgIpc) is 3.45. The number of nitrogens with zero attached hydrogens (tertiary/aromatic N) is 2. The molecule has 1 aromatic carbocycles. The van der Waals surface area contributed by atoms with Crippen molar-refractivity contribution in [3.05, 3.63) is 70.4 Å². The van der Waals surface area contributed by atoms with Gasteiger partial charge in [-0.05, 0) is 55.0 Å². The van der Waals surface area contributed by atoms with Gasteiger partial charge in [-0.3, -0.25) is 14.5 Å². The Morgan fingerprint density at radius 2 is 2.00 bits per heavy atom. The molecule has 10 heteroatoms. The molecular formula is C27H29N3O5S2. The second-order valence-electron chi connectivity index (χ2n) is 8.51. The number of Topliss-reactive ketones (excluding diaryl/α,β-unsaturated/α-hetero) is 1. The van der Waals surface area contributed by atoms with E-state index in [-0.39, 0.29) is 36.0 Å². The van der Waals surface area contributed by atoms with Gasteiger partial charge in [0, 0.05) is 12.2 Å². The number of aromatic amines is 1. The van der Waals surface area contributed by atoms with Crippen molar-refractivity contribution in [3.8, 4) is 5.75 Å². The van der Waals surface area contributed by atoms with Crippen LogP contribution in [-0.4, -0.2) is 64.1 Å². The van der Waals surface area contributed by atoms with Crippen molar-refractivity contribution in [2.75, 3.05) is 26.0 Å². The Labute approximate surface area is 224 Å². The number of carbonyl (C=O) groups excluding carboxylic acids is 3. The molecule has 194 valence electrons. The maximum Gasteiger partial charge on any atom is 0.340 e. The Morgan fingerprint density at radius 1 is 1.27 bits per heavy atom. The monoisotopic (exact) mass is 539 g/mol. The lowest BCUT2D eigenvalue weighted by Gasteiger charge is -2.33. The van der Waals surface area contributed by atoms with Crippen molar-refractivity contribution in [3.63, 3.8) is 0 Å². The summed E-state index contributed by atoms with van der Waals surface area (Å²) in [5.41, 5.74) is 3.77. The number of ether oxygens (including phenoxy) is 2. The zero-order chi connectivity index (χ0) is 26.7. The molecule has 0 saturated heterocycles. The number of esters is 1. The molecule has 0 spiro atoms. The van der Waals surface area contributed by atoms with Crippen LogP contribution in [0.15, 0.2) is 47.3 Å². The molecule has 8 nitrogen and oxygen atoms in total. The van der Waals surface area contributed by atoms with Gasteiger partial charge in [-0.25, -0.2) is 9.79 Å². The predicted molar refractivity (Wildman–Crippen MR) is 148 cm³/mol. The topological polar surface area (TPSA) is 101 Å². The van der Waals surface area contributed by atoms with Crippen molar-refractivity contribution in [1.29, 1.82) is 0 Å². The number of aliphatic imine (C=N–C) groups is 1. The van der Waals surface area contributed by atoms with Crippen LogP contribution in [0.2, 0.25) is 0 Å². The summed E-state index contributed by atoms with van der Waals surface area (Å²) in [5.74, 6) is -0.323. The number of carbonyl (C=O) groups is 3. The molecule has 37 heavy (non-hydrogen) atoms. The van der Waals surface area contributed by atoms with Gasteiger partial charge in [0.1, 0.15) is 11.1 Å². The van der Waals surface area contributed by atoms with E-state index in [2.05, 4.69) is 11.6 Å². The van der Waals surface area contributed by atoms with E-state index in [0.29, 0.717) is 27.7 Å². The van der Waals surface area contributed by atoms with Crippen LogP contribution in [0.1, 0.15) is 44.6 Å². The first kappa shape index (κ1) is 26.8. The Morgan fingerprint density at radius 3 is 2.65 bits per heavy atom. The normalized spacial score (nSPS) is 18.7. The maximum absolute atomic E-state index is 13.6. The number of hydrogen-bond acceptors (Lipinski definition) is 8.